The van der Waals surface area contributed by atoms with E-state index in [1.165, 1.54) is 0 Å². The minimum absolute atomic E-state index is 0.190. The van der Waals surface area contributed by atoms with Gasteiger partial charge in [0, 0.05) is 49.8 Å². The van der Waals surface area contributed by atoms with E-state index in [0.717, 1.165) is 62.8 Å². The van der Waals surface area contributed by atoms with Crippen LogP contribution in [0.4, 0.5) is 5.82 Å². The van der Waals surface area contributed by atoms with E-state index in [9.17, 15) is 4.79 Å². The lowest BCUT2D eigenvalue weighted by atomic mass is 9.93. The average molecular weight is 328 g/mol. The second-order valence-electron chi connectivity index (χ2n) is 7.17. The van der Waals surface area contributed by atoms with Gasteiger partial charge in [-0.2, -0.15) is 0 Å². The number of carbonyl (C=O) groups is 1. The number of amides is 1. The molecule has 0 N–H and O–H groups in total. The Labute approximate surface area is 144 Å². The van der Waals surface area contributed by atoms with Crippen LogP contribution in [-0.2, 0) is 4.79 Å². The molecule has 0 radical (unpaired) electrons. The first kappa shape index (κ1) is 16.9. The van der Waals surface area contributed by atoms with Crippen molar-refractivity contribution in [3.8, 4) is 0 Å². The standard InChI is InChI=1S/C19H28N4O/c1-14(2)18-20-15(3)13-17(21-18)22-9-11-23(12-10-22)19(24)16-7-5-4-6-8-16/h4-5,13-14,16H,6-12H2,1-3H3/t16-/m0/s1. The number of hydrogen-bond donors (Lipinski definition) is 0. The molecule has 1 amide bonds. The molecule has 2 heterocycles. The van der Waals surface area contributed by atoms with E-state index in [4.69, 9.17) is 4.98 Å². The summed E-state index contributed by atoms with van der Waals surface area (Å²) in [7, 11) is 0. The van der Waals surface area contributed by atoms with Crippen LogP contribution < -0.4 is 4.90 Å². The minimum Gasteiger partial charge on any atom is -0.353 e. The third-order valence-corrected chi connectivity index (χ3v) is 4.91. The predicted octanol–water partition coefficient (Wildman–Crippen LogP) is 2.91. The molecule has 130 valence electrons. The molecule has 0 saturated carbocycles. The fourth-order valence-corrected chi connectivity index (χ4v) is 3.43. The molecule has 1 aromatic rings. The van der Waals surface area contributed by atoms with E-state index in [-0.39, 0.29) is 5.92 Å². The Morgan fingerprint density at radius 3 is 2.54 bits per heavy atom. The van der Waals surface area contributed by atoms with Gasteiger partial charge in [0.15, 0.2) is 0 Å². The summed E-state index contributed by atoms with van der Waals surface area (Å²) >= 11 is 0. The van der Waals surface area contributed by atoms with Crippen molar-refractivity contribution in [2.24, 2.45) is 5.92 Å². The predicted molar refractivity (Wildman–Crippen MR) is 96.1 cm³/mol. The van der Waals surface area contributed by atoms with Crippen LogP contribution in [-0.4, -0.2) is 47.0 Å². The summed E-state index contributed by atoms with van der Waals surface area (Å²) in [5.41, 5.74) is 1.01. The molecule has 0 aromatic carbocycles. The molecule has 5 nitrogen and oxygen atoms in total. The Hall–Kier alpha value is -1.91. The third kappa shape index (κ3) is 3.77. The van der Waals surface area contributed by atoms with Crippen molar-refractivity contribution in [3.05, 3.63) is 29.7 Å². The van der Waals surface area contributed by atoms with E-state index in [1.807, 2.05) is 11.8 Å². The smallest absolute Gasteiger partial charge is 0.226 e. The fraction of sp³-hybridized carbons (Fsp3) is 0.632. The van der Waals surface area contributed by atoms with E-state index in [0.29, 0.717) is 11.8 Å². The molecule has 1 aliphatic carbocycles. The second kappa shape index (κ2) is 7.32. The van der Waals surface area contributed by atoms with Gasteiger partial charge in [0.1, 0.15) is 11.6 Å². The lowest BCUT2D eigenvalue weighted by molar-refractivity contribution is -0.136. The van der Waals surface area contributed by atoms with Crippen molar-refractivity contribution in [3.63, 3.8) is 0 Å². The highest BCUT2D eigenvalue weighted by Crippen LogP contribution is 2.23. The van der Waals surface area contributed by atoms with Crippen LogP contribution in [0.2, 0.25) is 0 Å². The van der Waals surface area contributed by atoms with Crippen molar-refractivity contribution in [2.75, 3.05) is 31.1 Å². The van der Waals surface area contributed by atoms with E-state index in [2.05, 4.69) is 41.9 Å². The molecule has 1 aliphatic heterocycles. The molecule has 1 fully saturated rings. The Balaban J connectivity index is 1.62. The molecular weight excluding hydrogens is 300 g/mol. The van der Waals surface area contributed by atoms with Crippen LogP contribution in [0.25, 0.3) is 0 Å². The van der Waals surface area contributed by atoms with Crippen molar-refractivity contribution in [2.45, 2.75) is 46.0 Å². The van der Waals surface area contributed by atoms with Gasteiger partial charge in [-0.25, -0.2) is 9.97 Å². The zero-order valence-corrected chi connectivity index (χ0v) is 15.0. The lowest BCUT2D eigenvalue weighted by Crippen LogP contribution is -2.50. The van der Waals surface area contributed by atoms with Gasteiger partial charge in [-0.05, 0) is 26.2 Å². The average Bonchev–Trinajstić information content (AvgIpc) is 2.61. The highest BCUT2D eigenvalue weighted by atomic mass is 16.2. The highest BCUT2D eigenvalue weighted by molar-refractivity contribution is 5.79. The summed E-state index contributed by atoms with van der Waals surface area (Å²) in [6, 6.07) is 2.05. The highest BCUT2D eigenvalue weighted by Gasteiger charge is 2.28. The van der Waals surface area contributed by atoms with Crippen LogP contribution in [0.5, 0.6) is 0 Å². The second-order valence-corrected chi connectivity index (χ2v) is 7.17. The molecular formula is C19H28N4O. The molecule has 3 rings (SSSR count). The summed E-state index contributed by atoms with van der Waals surface area (Å²) < 4.78 is 0. The summed E-state index contributed by atoms with van der Waals surface area (Å²) in [4.78, 5) is 26.2. The minimum atomic E-state index is 0.190. The molecule has 1 atom stereocenters. The molecule has 0 spiro atoms. The maximum atomic E-state index is 12.6. The summed E-state index contributed by atoms with van der Waals surface area (Å²) in [5, 5.41) is 0. The first-order valence-electron chi connectivity index (χ1n) is 9.09. The molecule has 1 saturated heterocycles. The number of aromatic nitrogens is 2. The summed E-state index contributed by atoms with van der Waals surface area (Å²) in [6.07, 6.45) is 7.28. The number of piperazine rings is 1. The van der Waals surface area contributed by atoms with Crippen molar-refractivity contribution in [1.82, 2.24) is 14.9 Å². The van der Waals surface area contributed by atoms with Gasteiger partial charge in [0.2, 0.25) is 5.91 Å². The number of nitrogens with zero attached hydrogens (tertiary/aromatic N) is 4. The SMILES string of the molecule is Cc1cc(N2CCN(C(=O)[C@H]3CC=CCC3)CC2)nc(C(C)C)n1. The number of hydrogen-bond acceptors (Lipinski definition) is 4. The van der Waals surface area contributed by atoms with Gasteiger partial charge in [-0.1, -0.05) is 26.0 Å². The van der Waals surface area contributed by atoms with E-state index in [1.54, 1.807) is 0 Å². The first-order valence-corrected chi connectivity index (χ1v) is 9.09. The molecule has 0 unspecified atom stereocenters. The number of anilines is 1. The number of rotatable bonds is 3. The Bertz CT molecular complexity index is 618. The van der Waals surface area contributed by atoms with E-state index < -0.39 is 0 Å². The normalized spacial score (nSPS) is 21.4. The Kier molecular flexibility index (Phi) is 5.17. The monoisotopic (exact) mass is 328 g/mol. The van der Waals surface area contributed by atoms with Crippen molar-refractivity contribution < 1.29 is 4.79 Å². The summed E-state index contributed by atoms with van der Waals surface area (Å²) in [5.74, 6) is 2.75. The number of aryl methyl sites for hydroxylation is 1. The van der Waals surface area contributed by atoms with Crippen LogP contribution in [0, 0.1) is 12.8 Å². The Morgan fingerprint density at radius 2 is 1.92 bits per heavy atom. The van der Waals surface area contributed by atoms with Gasteiger partial charge in [-0.15, -0.1) is 0 Å². The maximum absolute atomic E-state index is 12.6. The van der Waals surface area contributed by atoms with E-state index >= 15 is 0 Å². The molecule has 2 aliphatic rings. The lowest BCUT2D eigenvalue weighted by Gasteiger charge is -2.37. The topological polar surface area (TPSA) is 49.3 Å². The molecule has 5 heteroatoms. The molecule has 1 aromatic heterocycles. The zero-order valence-electron chi connectivity index (χ0n) is 15.0. The van der Waals surface area contributed by atoms with Gasteiger partial charge >= 0.3 is 0 Å². The van der Waals surface area contributed by atoms with Gasteiger partial charge in [0.25, 0.3) is 0 Å². The van der Waals surface area contributed by atoms with Crippen LogP contribution in [0.15, 0.2) is 18.2 Å². The molecule has 24 heavy (non-hydrogen) atoms. The molecule has 0 bridgehead atoms. The van der Waals surface area contributed by atoms with Crippen LogP contribution >= 0.6 is 0 Å². The first-order chi connectivity index (χ1) is 11.5. The van der Waals surface area contributed by atoms with Crippen LogP contribution in [0.1, 0.15) is 50.5 Å². The largest absolute Gasteiger partial charge is 0.353 e. The van der Waals surface area contributed by atoms with Gasteiger partial charge in [-0.3, -0.25) is 4.79 Å². The van der Waals surface area contributed by atoms with Crippen molar-refractivity contribution in [1.29, 1.82) is 0 Å². The summed E-state index contributed by atoms with van der Waals surface area (Å²) in [6.45, 7) is 9.54. The van der Waals surface area contributed by atoms with Crippen LogP contribution in [0.3, 0.4) is 0 Å². The number of carbonyl (C=O) groups excluding carboxylic acids is 1. The maximum Gasteiger partial charge on any atom is 0.226 e. The fourth-order valence-electron chi connectivity index (χ4n) is 3.43. The quantitative estimate of drug-likeness (QED) is 0.801. The van der Waals surface area contributed by atoms with Gasteiger partial charge < -0.3 is 9.80 Å². The van der Waals surface area contributed by atoms with Gasteiger partial charge in [0.05, 0.1) is 0 Å². The van der Waals surface area contributed by atoms with Crippen molar-refractivity contribution >= 4 is 11.7 Å². The number of allylic oxidation sites excluding steroid dienone is 2. The third-order valence-electron chi connectivity index (χ3n) is 4.91. The Morgan fingerprint density at radius 1 is 1.17 bits per heavy atom. The zero-order chi connectivity index (χ0) is 17.1.